The van der Waals surface area contributed by atoms with Crippen LogP contribution in [0.1, 0.15) is 39.1 Å². The lowest BCUT2D eigenvalue weighted by Gasteiger charge is -2.09. The summed E-state index contributed by atoms with van der Waals surface area (Å²) < 4.78 is 35.1. The van der Waals surface area contributed by atoms with Crippen molar-refractivity contribution >= 4 is 27.6 Å². The van der Waals surface area contributed by atoms with Gasteiger partial charge >= 0.3 is 0 Å². The van der Waals surface area contributed by atoms with Gasteiger partial charge in [0.2, 0.25) is 5.95 Å². The second-order valence-corrected chi connectivity index (χ2v) is 9.59. The lowest BCUT2D eigenvalue weighted by Crippen LogP contribution is -2.16. The Balaban J connectivity index is 1.42. The Bertz CT molecular complexity index is 1430. The number of sulfonamides is 1. The van der Waals surface area contributed by atoms with Crippen molar-refractivity contribution in [1.82, 2.24) is 19.7 Å². The molecule has 4 aromatic rings. The lowest BCUT2D eigenvalue weighted by molar-refractivity contribution is 0.0994. The summed E-state index contributed by atoms with van der Waals surface area (Å²) in [5, 5.41) is 7.08. The van der Waals surface area contributed by atoms with Crippen molar-refractivity contribution in [2.24, 2.45) is 0 Å². The van der Waals surface area contributed by atoms with E-state index in [2.05, 4.69) is 25.1 Å². The van der Waals surface area contributed by atoms with Crippen molar-refractivity contribution < 1.29 is 17.6 Å². The number of hydrogen-bond acceptors (Lipinski definition) is 7. The van der Waals surface area contributed by atoms with E-state index in [-0.39, 0.29) is 16.6 Å². The van der Waals surface area contributed by atoms with Crippen molar-refractivity contribution in [3.05, 3.63) is 82.8 Å². The van der Waals surface area contributed by atoms with Crippen LogP contribution in [-0.4, -0.2) is 34.1 Å². The first-order valence-electron chi connectivity index (χ1n) is 10.5. The fourth-order valence-electron chi connectivity index (χ4n) is 3.43. The summed E-state index contributed by atoms with van der Waals surface area (Å²) in [5.74, 6) is 0.292. The van der Waals surface area contributed by atoms with Gasteiger partial charge in [-0.2, -0.15) is 5.10 Å². The fourth-order valence-corrected chi connectivity index (χ4v) is 4.37. The highest BCUT2D eigenvalue weighted by molar-refractivity contribution is 7.92. The van der Waals surface area contributed by atoms with Gasteiger partial charge in [-0.1, -0.05) is 0 Å². The van der Waals surface area contributed by atoms with Crippen LogP contribution in [0.5, 0.6) is 0 Å². The number of aryl methyl sites for hydroxylation is 4. The van der Waals surface area contributed by atoms with E-state index in [1.54, 1.807) is 36.7 Å². The predicted molar refractivity (Wildman–Crippen MR) is 126 cm³/mol. The molecule has 0 saturated carbocycles. The van der Waals surface area contributed by atoms with Gasteiger partial charge in [-0.05, 0) is 76.2 Å². The van der Waals surface area contributed by atoms with Crippen LogP contribution < -0.4 is 10.0 Å². The van der Waals surface area contributed by atoms with E-state index in [0.29, 0.717) is 29.4 Å². The molecule has 0 aliphatic heterocycles. The maximum atomic E-state index is 12.7. The Morgan fingerprint density at radius 1 is 0.941 bits per heavy atom. The van der Waals surface area contributed by atoms with Gasteiger partial charge in [-0.3, -0.25) is 9.48 Å². The van der Waals surface area contributed by atoms with Crippen molar-refractivity contribution in [2.75, 3.05) is 10.0 Å². The Kier molecular flexibility index (Phi) is 6.20. The molecule has 34 heavy (non-hydrogen) atoms. The van der Waals surface area contributed by atoms with Crippen LogP contribution in [0, 0.1) is 27.7 Å². The molecule has 0 spiro atoms. The second-order valence-electron chi connectivity index (χ2n) is 7.91. The zero-order valence-electron chi connectivity index (χ0n) is 19.2. The average Bonchev–Trinajstić information content (AvgIpc) is 3.33. The summed E-state index contributed by atoms with van der Waals surface area (Å²) in [7, 11) is -3.89. The van der Waals surface area contributed by atoms with Gasteiger partial charge in [0.25, 0.3) is 15.9 Å². The fraction of sp³-hybridized carbons (Fsp3) is 0.217. The van der Waals surface area contributed by atoms with Crippen molar-refractivity contribution in [2.45, 2.75) is 39.1 Å². The van der Waals surface area contributed by atoms with Crippen LogP contribution in [0.2, 0.25) is 0 Å². The molecule has 0 aliphatic rings. The van der Waals surface area contributed by atoms with Gasteiger partial charge < -0.3 is 9.73 Å². The summed E-state index contributed by atoms with van der Waals surface area (Å²) >= 11 is 0. The van der Waals surface area contributed by atoms with Crippen LogP contribution in [-0.2, 0) is 16.6 Å². The molecule has 3 aromatic heterocycles. The van der Waals surface area contributed by atoms with E-state index in [4.69, 9.17) is 4.42 Å². The molecule has 1 aromatic carbocycles. The van der Waals surface area contributed by atoms with E-state index < -0.39 is 15.9 Å². The molecule has 0 saturated heterocycles. The van der Waals surface area contributed by atoms with Gasteiger partial charge in [-0.25, -0.2) is 23.1 Å². The number of carbonyl (C=O) groups is 1. The van der Waals surface area contributed by atoms with Gasteiger partial charge in [-0.15, -0.1) is 0 Å². The maximum absolute atomic E-state index is 12.7. The summed E-state index contributed by atoms with van der Waals surface area (Å²) in [6.07, 6.45) is 0. The third kappa shape index (κ3) is 5.31. The molecule has 0 unspecified atom stereocenters. The highest BCUT2D eigenvalue weighted by Crippen LogP contribution is 2.19. The molecule has 176 valence electrons. The first kappa shape index (κ1) is 23.2. The molecule has 0 radical (unpaired) electrons. The Morgan fingerprint density at radius 3 is 2.24 bits per heavy atom. The van der Waals surface area contributed by atoms with Gasteiger partial charge in [0.15, 0.2) is 5.76 Å². The topological polar surface area (TPSA) is 132 Å². The maximum Gasteiger partial charge on any atom is 0.291 e. The molecule has 0 bridgehead atoms. The SMILES string of the molecule is Cc1cc(C)nc(NS(=O)(=O)c2ccc(NC(=O)c3ccc(Cn4nc(C)cc4C)o3)cc2)n1. The summed E-state index contributed by atoms with van der Waals surface area (Å²) in [5.41, 5.74) is 3.62. The Morgan fingerprint density at radius 2 is 1.62 bits per heavy atom. The number of rotatable bonds is 7. The zero-order valence-corrected chi connectivity index (χ0v) is 20.0. The minimum Gasteiger partial charge on any atom is -0.454 e. The van der Waals surface area contributed by atoms with Crippen LogP contribution >= 0.6 is 0 Å². The molecule has 1 amide bonds. The number of furan rings is 1. The third-order valence-electron chi connectivity index (χ3n) is 4.92. The first-order chi connectivity index (χ1) is 16.1. The van der Waals surface area contributed by atoms with Crippen LogP contribution in [0.15, 0.2) is 57.8 Å². The molecule has 4 rings (SSSR count). The minimum atomic E-state index is -3.89. The molecule has 0 aliphatic carbocycles. The predicted octanol–water partition coefficient (Wildman–Crippen LogP) is 3.60. The summed E-state index contributed by atoms with van der Waals surface area (Å²) in [6.45, 7) is 7.78. The van der Waals surface area contributed by atoms with E-state index in [1.165, 1.54) is 24.3 Å². The number of carbonyl (C=O) groups excluding carboxylic acids is 1. The summed E-state index contributed by atoms with van der Waals surface area (Å²) in [6, 6.07) is 12.8. The Labute approximate surface area is 197 Å². The van der Waals surface area contributed by atoms with Gasteiger partial charge in [0.05, 0.1) is 17.1 Å². The highest BCUT2D eigenvalue weighted by Gasteiger charge is 2.17. The van der Waals surface area contributed by atoms with Crippen LogP contribution in [0.4, 0.5) is 11.6 Å². The molecule has 0 fully saturated rings. The largest absolute Gasteiger partial charge is 0.454 e. The van der Waals surface area contributed by atoms with Crippen molar-refractivity contribution in [1.29, 1.82) is 0 Å². The molecule has 2 N–H and O–H groups in total. The van der Waals surface area contributed by atoms with Crippen LogP contribution in [0.3, 0.4) is 0 Å². The number of benzene rings is 1. The standard InChI is InChI=1S/C23H24N6O4S/c1-14-11-15(2)25-23(24-14)28-34(31,32)20-8-5-18(6-9-20)26-22(30)21-10-7-19(33-21)13-29-17(4)12-16(3)27-29/h5-12H,13H2,1-4H3,(H,26,30)(H,24,25,28). The first-order valence-corrected chi connectivity index (χ1v) is 11.9. The molecule has 11 heteroatoms. The molecular formula is C23H24N6O4S. The molecule has 0 atom stereocenters. The number of amides is 1. The zero-order chi connectivity index (χ0) is 24.5. The average molecular weight is 481 g/mol. The Hall–Kier alpha value is -3.99. The smallest absolute Gasteiger partial charge is 0.291 e. The van der Waals surface area contributed by atoms with Crippen LogP contribution in [0.25, 0.3) is 0 Å². The van der Waals surface area contributed by atoms with Gasteiger partial charge in [0, 0.05) is 22.8 Å². The van der Waals surface area contributed by atoms with E-state index in [0.717, 1.165) is 11.4 Å². The second kappa shape index (κ2) is 9.10. The number of nitrogens with zero attached hydrogens (tertiary/aromatic N) is 4. The third-order valence-corrected chi connectivity index (χ3v) is 6.27. The minimum absolute atomic E-state index is 0.00367. The number of anilines is 2. The molecular weight excluding hydrogens is 456 g/mol. The van der Waals surface area contributed by atoms with Gasteiger partial charge in [0.1, 0.15) is 5.76 Å². The monoisotopic (exact) mass is 480 g/mol. The quantitative estimate of drug-likeness (QED) is 0.413. The number of nitrogens with one attached hydrogen (secondary N) is 2. The number of aromatic nitrogens is 4. The highest BCUT2D eigenvalue weighted by atomic mass is 32.2. The van der Waals surface area contributed by atoms with Crippen molar-refractivity contribution in [3.63, 3.8) is 0 Å². The molecule has 3 heterocycles. The lowest BCUT2D eigenvalue weighted by atomic mass is 10.3. The normalized spacial score (nSPS) is 11.4. The molecule has 10 nitrogen and oxygen atoms in total. The van der Waals surface area contributed by atoms with Crippen molar-refractivity contribution in [3.8, 4) is 0 Å². The van der Waals surface area contributed by atoms with E-state index in [9.17, 15) is 13.2 Å². The number of hydrogen-bond donors (Lipinski definition) is 2. The summed E-state index contributed by atoms with van der Waals surface area (Å²) in [4.78, 5) is 20.8. The van der Waals surface area contributed by atoms with E-state index in [1.807, 2.05) is 19.9 Å². The van der Waals surface area contributed by atoms with E-state index >= 15 is 0 Å².